The number of fused-ring (bicyclic) bond motifs is 1. The van der Waals surface area contributed by atoms with Gasteiger partial charge in [0.1, 0.15) is 11.8 Å². The van der Waals surface area contributed by atoms with Crippen LogP contribution in [-0.2, 0) is 4.79 Å². The number of hydrogen-bond donors (Lipinski definition) is 2. The van der Waals surface area contributed by atoms with Gasteiger partial charge in [-0.2, -0.15) is 5.10 Å². The number of halogens is 1. The van der Waals surface area contributed by atoms with Gasteiger partial charge < -0.3 is 19.5 Å². The fourth-order valence-corrected chi connectivity index (χ4v) is 3.02. The average molecular weight is 432 g/mol. The van der Waals surface area contributed by atoms with Crippen molar-refractivity contribution in [1.29, 1.82) is 0 Å². The monoisotopic (exact) mass is 431 g/mol. The van der Waals surface area contributed by atoms with Gasteiger partial charge in [0.25, 0.3) is 11.8 Å². The van der Waals surface area contributed by atoms with Crippen LogP contribution in [0.5, 0.6) is 17.2 Å². The number of benzene rings is 2. The van der Waals surface area contributed by atoms with E-state index in [1.165, 1.54) is 13.3 Å². The molecule has 30 heavy (non-hydrogen) atoms. The minimum atomic E-state index is -0.790. The topological polar surface area (TPSA) is 98.2 Å². The molecule has 1 aliphatic rings. The smallest absolute Gasteiger partial charge is 0.262 e. The van der Waals surface area contributed by atoms with E-state index in [2.05, 4.69) is 15.8 Å². The van der Waals surface area contributed by atoms with Gasteiger partial charge in [-0.25, -0.2) is 5.43 Å². The lowest BCUT2D eigenvalue weighted by Gasteiger charge is -2.20. The molecule has 0 spiro atoms. The van der Waals surface area contributed by atoms with E-state index in [1.54, 1.807) is 36.4 Å². The molecule has 1 unspecified atom stereocenters. The molecule has 158 valence electrons. The van der Waals surface area contributed by atoms with Gasteiger partial charge in [-0.15, -0.1) is 0 Å². The average Bonchev–Trinajstić information content (AvgIpc) is 3.19. The second kappa shape index (κ2) is 9.49. The number of rotatable bonds is 7. The lowest BCUT2D eigenvalue weighted by atomic mass is 10.0. The third-order valence-electron chi connectivity index (χ3n) is 4.44. The van der Waals surface area contributed by atoms with E-state index in [0.717, 1.165) is 0 Å². The molecule has 2 aromatic carbocycles. The predicted octanol–water partition coefficient (Wildman–Crippen LogP) is 2.98. The summed E-state index contributed by atoms with van der Waals surface area (Å²) >= 11 is 5.99. The Hall–Kier alpha value is -3.26. The van der Waals surface area contributed by atoms with Gasteiger partial charge >= 0.3 is 0 Å². The van der Waals surface area contributed by atoms with Crippen molar-refractivity contribution in [2.24, 2.45) is 11.0 Å². The maximum absolute atomic E-state index is 12.6. The maximum Gasteiger partial charge on any atom is 0.262 e. The van der Waals surface area contributed by atoms with Gasteiger partial charge in [0.2, 0.25) is 6.79 Å². The number of nitrogens with one attached hydrogen (secondary N) is 2. The maximum atomic E-state index is 12.6. The van der Waals surface area contributed by atoms with Crippen LogP contribution < -0.4 is 25.0 Å². The molecule has 0 aromatic heterocycles. The first-order valence-corrected chi connectivity index (χ1v) is 9.64. The Morgan fingerprint density at radius 1 is 1.17 bits per heavy atom. The molecule has 2 amide bonds. The Kier molecular flexibility index (Phi) is 6.79. The van der Waals surface area contributed by atoms with E-state index in [0.29, 0.717) is 33.4 Å². The fraction of sp³-hybridized carbons (Fsp3) is 0.286. The first-order chi connectivity index (χ1) is 14.4. The van der Waals surface area contributed by atoms with Crippen molar-refractivity contribution in [1.82, 2.24) is 10.7 Å². The van der Waals surface area contributed by atoms with Gasteiger partial charge in [0, 0.05) is 16.1 Å². The minimum Gasteiger partial charge on any atom is -0.496 e. The van der Waals surface area contributed by atoms with E-state index in [4.69, 9.17) is 25.8 Å². The molecular weight excluding hydrogens is 410 g/mol. The van der Waals surface area contributed by atoms with Crippen molar-refractivity contribution in [3.8, 4) is 17.2 Å². The van der Waals surface area contributed by atoms with E-state index < -0.39 is 17.9 Å². The number of carbonyl (C=O) groups excluding carboxylic acids is 2. The number of carbonyl (C=O) groups is 2. The largest absolute Gasteiger partial charge is 0.496 e. The van der Waals surface area contributed by atoms with Crippen LogP contribution in [0, 0.1) is 5.92 Å². The van der Waals surface area contributed by atoms with Gasteiger partial charge in [-0.05, 0) is 42.3 Å². The summed E-state index contributed by atoms with van der Waals surface area (Å²) < 4.78 is 15.8. The summed E-state index contributed by atoms with van der Waals surface area (Å²) in [5.74, 6) is 0.621. The van der Waals surface area contributed by atoms with Crippen LogP contribution in [0.2, 0.25) is 5.02 Å². The molecule has 0 saturated carbocycles. The molecule has 0 radical (unpaired) electrons. The van der Waals surface area contributed by atoms with Crippen molar-refractivity contribution in [2.75, 3.05) is 13.9 Å². The summed E-state index contributed by atoms with van der Waals surface area (Å²) in [4.78, 5) is 25.2. The third kappa shape index (κ3) is 5.01. The highest BCUT2D eigenvalue weighted by atomic mass is 35.5. The molecule has 0 bridgehead atoms. The highest BCUT2D eigenvalue weighted by molar-refractivity contribution is 6.30. The number of nitrogens with zero attached hydrogens (tertiary/aromatic N) is 1. The molecule has 1 atom stereocenters. The Bertz CT molecular complexity index is 977. The van der Waals surface area contributed by atoms with E-state index >= 15 is 0 Å². The zero-order valence-electron chi connectivity index (χ0n) is 16.8. The normalized spacial score (nSPS) is 13.4. The first kappa shape index (κ1) is 21.4. The number of ether oxygens (including phenoxy) is 3. The molecule has 0 saturated heterocycles. The van der Waals surface area contributed by atoms with Gasteiger partial charge in [-0.3, -0.25) is 9.59 Å². The number of methoxy groups -OCH3 is 1. The zero-order valence-corrected chi connectivity index (χ0v) is 17.5. The number of hydrogen-bond acceptors (Lipinski definition) is 6. The van der Waals surface area contributed by atoms with Crippen molar-refractivity contribution in [2.45, 2.75) is 19.9 Å². The van der Waals surface area contributed by atoms with E-state index in [1.807, 2.05) is 13.8 Å². The molecule has 3 rings (SSSR count). The van der Waals surface area contributed by atoms with Crippen molar-refractivity contribution >= 4 is 29.6 Å². The summed E-state index contributed by atoms with van der Waals surface area (Å²) in [6, 6.07) is 9.12. The van der Waals surface area contributed by atoms with Crippen molar-refractivity contribution in [3.63, 3.8) is 0 Å². The second-order valence-corrected chi connectivity index (χ2v) is 7.32. The Labute approximate surface area is 179 Å². The number of amides is 2. The molecule has 9 heteroatoms. The highest BCUT2D eigenvalue weighted by Crippen LogP contribution is 2.32. The van der Waals surface area contributed by atoms with Crippen LogP contribution in [0.15, 0.2) is 41.5 Å². The van der Waals surface area contributed by atoms with E-state index in [-0.39, 0.29) is 12.7 Å². The molecule has 1 heterocycles. The molecule has 0 fully saturated rings. The summed E-state index contributed by atoms with van der Waals surface area (Å²) in [6.45, 7) is 3.77. The molecule has 2 aromatic rings. The minimum absolute atomic E-state index is 0.118. The summed E-state index contributed by atoms with van der Waals surface area (Å²) in [7, 11) is 1.53. The van der Waals surface area contributed by atoms with Gasteiger partial charge in [-0.1, -0.05) is 25.4 Å². The van der Waals surface area contributed by atoms with Crippen LogP contribution >= 0.6 is 11.6 Å². The van der Waals surface area contributed by atoms with Gasteiger partial charge in [0.15, 0.2) is 11.5 Å². The quantitative estimate of drug-likeness (QED) is 0.518. The Morgan fingerprint density at radius 3 is 2.67 bits per heavy atom. The lowest BCUT2D eigenvalue weighted by molar-refractivity contribution is -0.123. The zero-order chi connectivity index (χ0) is 21.7. The van der Waals surface area contributed by atoms with Crippen LogP contribution in [-0.4, -0.2) is 38.0 Å². The predicted molar refractivity (Wildman–Crippen MR) is 112 cm³/mol. The fourth-order valence-electron chi connectivity index (χ4n) is 2.84. The molecule has 2 N–H and O–H groups in total. The second-order valence-electron chi connectivity index (χ2n) is 6.88. The highest BCUT2D eigenvalue weighted by Gasteiger charge is 2.25. The first-order valence-electron chi connectivity index (χ1n) is 9.26. The van der Waals surface area contributed by atoms with E-state index in [9.17, 15) is 9.59 Å². The van der Waals surface area contributed by atoms with Crippen molar-refractivity contribution in [3.05, 3.63) is 52.5 Å². The molecule has 1 aliphatic heterocycles. The van der Waals surface area contributed by atoms with Crippen LogP contribution in [0.25, 0.3) is 0 Å². The Morgan fingerprint density at radius 2 is 1.93 bits per heavy atom. The van der Waals surface area contributed by atoms with Crippen LogP contribution in [0.3, 0.4) is 0 Å². The summed E-state index contributed by atoms with van der Waals surface area (Å²) in [5, 5.41) is 7.22. The molecular formula is C21H22ClN3O5. The van der Waals surface area contributed by atoms with Crippen LogP contribution in [0.4, 0.5) is 0 Å². The van der Waals surface area contributed by atoms with Crippen molar-refractivity contribution < 1.29 is 23.8 Å². The summed E-state index contributed by atoms with van der Waals surface area (Å²) in [5.41, 5.74) is 3.43. The standard InChI is InChI=1S/C21H22ClN3O5/c1-12(2)19(24-20(26)13-4-6-17-18(9-13)30-11-29-17)21(27)25-23-10-14-8-15(22)5-7-16(14)28-3/h4-10,12,19H,11H2,1-3H3,(H,24,26)(H,25,27)/b23-10+. The third-order valence-corrected chi connectivity index (χ3v) is 4.68. The summed E-state index contributed by atoms with van der Waals surface area (Å²) in [6.07, 6.45) is 1.43. The van der Waals surface area contributed by atoms with Gasteiger partial charge in [0.05, 0.1) is 13.3 Å². The molecule has 8 nitrogen and oxygen atoms in total. The Balaban J connectivity index is 1.66. The lowest BCUT2D eigenvalue weighted by Crippen LogP contribution is -2.48. The SMILES string of the molecule is COc1ccc(Cl)cc1/C=N/NC(=O)C(NC(=O)c1ccc2c(c1)OCO2)C(C)C. The van der Waals surface area contributed by atoms with Crippen LogP contribution in [0.1, 0.15) is 29.8 Å². The molecule has 0 aliphatic carbocycles. The number of hydrazone groups is 1.